The number of azide groups is 1. The van der Waals surface area contributed by atoms with Gasteiger partial charge in [-0.15, -0.1) is 0 Å². The Bertz CT molecular complexity index is 1100. The van der Waals surface area contributed by atoms with Crippen molar-refractivity contribution >= 4 is 23.1 Å². The zero-order valence-corrected chi connectivity index (χ0v) is 21.0. The minimum Gasteiger partial charge on any atom is -0.444 e. The van der Waals surface area contributed by atoms with Gasteiger partial charge in [0.1, 0.15) is 11.2 Å². The summed E-state index contributed by atoms with van der Waals surface area (Å²) in [6, 6.07) is 7.46. The normalized spacial score (nSPS) is 14.3. The first-order chi connectivity index (χ1) is 15.9. The Morgan fingerprint density at radius 3 is 2.35 bits per heavy atom. The van der Waals surface area contributed by atoms with E-state index in [1.54, 1.807) is 4.90 Å². The van der Waals surface area contributed by atoms with Gasteiger partial charge in [-0.05, 0) is 83.5 Å². The Labute approximate surface area is 200 Å². The number of fused-ring (bicyclic) bond motifs is 1. The molecule has 0 saturated heterocycles. The molecule has 1 aromatic carbocycles. The number of hydrogen-bond acceptors (Lipinski definition) is 5. The van der Waals surface area contributed by atoms with E-state index in [4.69, 9.17) is 15.0 Å². The molecule has 0 bridgehead atoms. The van der Waals surface area contributed by atoms with Gasteiger partial charge < -0.3 is 14.4 Å². The second-order valence-electron chi connectivity index (χ2n) is 10.9. The van der Waals surface area contributed by atoms with Crippen LogP contribution in [0, 0.1) is 5.92 Å². The lowest BCUT2D eigenvalue weighted by Crippen LogP contribution is -2.41. The maximum atomic E-state index is 13.3. The quantitative estimate of drug-likeness (QED) is 0.264. The maximum Gasteiger partial charge on any atom is 0.419 e. The van der Waals surface area contributed by atoms with E-state index < -0.39 is 23.4 Å². The first-order valence-electron chi connectivity index (χ1n) is 11.7. The molecule has 0 aliphatic heterocycles. The van der Waals surface area contributed by atoms with Crippen LogP contribution in [0.3, 0.4) is 0 Å². The van der Waals surface area contributed by atoms with Crippen molar-refractivity contribution in [2.45, 2.75) is 85.1 Å². The van der Waals surface area contributed by atoms with Gasteiger partial charge in [-0.3, -0.25) is 0 Å². The zero-order chi connectivity index (χ0) is 25.1. The molecule has 3 rings (SSSR count). The Balaban J connectivity index is 2.03. The molecule has 1 amide bonds. The second kappa shape index (κ2) is 9.97. The van der Waals surface area contributed by atoms with Crippen molar-refractivity contribution in [1.29, 1.82) is 0 Å². The fraction of sp³-hybridized carbons (Fsp3) is 0.600. The van der Waals surface area contributed by atoms with Crippen LogP contribution in [0.1, 0.15) is 72.1 Å². The summed E-state index contributed by atoms with van der Waals surface area (Å²) in [4.78, 5) is 30.8. The number of hydrogen-bond donors (Lipinski definition) is 0. The molecule has 1 aliphatic carbocycles. The third kappa shape index (κ3) is 6.67. The van der Waals surface area contributed by atoms with Crippen LogP contribution in [0.25, 0.3) is 21.3 Å². The van der Waals surface area contributed by atoms with E-state index in [1.165, 1.54) is 11.0 Å². The predicted octanol–water partition coefficient (Wildman–Crippen LogP) is 6.77. The highest BCUT2D eigenvalue weighted by molar-refractivity contribution is 5.91. The molecule has 2 aromatic rings. The molecule has 0 N–H and O–H groups in total. The summed E-state index contributed by atoms with van der Waals surface area (Å²) in [7, 11) is 0. The van der Waals surface area contributed by atoms with Crippen LogP contribution in [0.2, 0.25) is 0 Å². The van der Waals surface area contributed by atoms with Gasteiger partial charge in [0.25, 0.3) is 0 Å². The molecular formula is C25H35N5O4. The molecule has 1 aliphatic rings. The molecule has 184 valence electrons. The van der Waals surface area contributed by atoms with Crippen molar-refractivity contribution in [2.75, 3.05) is 6.54 Å². The van der Waals surface area contributed by atoms with E-state index >= 15 is 0 Å². The van der Waals surface area contributed by atoms with E-state index in [-0.39, 0.29) is 13.1 Å². The van der Waals surface area contributed by atoms with E-state index in [2.05, 4.69) is 10.0 Å². The standard InChI is InChI=1S/C25H35N5O4/c1-24(2,3)33-22(31)29(15-17-8-7-9-17)16-20-13-19-11-10-18(14-27-28-26)12-21(19)30(20)23(32)34-25(4,5)6/h10-13,17H,7-9,14-16H2,1-6H3. The number of benzene rings is 1. The average molecular weight is 470 g/mol. The zero-order valence-electron chi connectivity index (χ0n) is 21.0. The molecule has 1 saturated carbocycles. The van der Waals surface area contributed by atoms with Gasteiger partial charge >= 0.3 is 12.2 Å². The van der Waals surface area contributed by atoms with Crippen LogP contribution in [0.4, 0.5) is 9.59 Å². The number of rotatable bonds is 6. The molecule has 9 heteroatoms. The predicted molar refractivity (Wildman–Crippen MR) is 130 cm³/mol. The summed E-state index contributed by atoms with van der Waals surface area (Å²) < 4.78 is 12.9. The highest BCUT2D eigenvalue weighted by atomic mass is 16.6. The van der Waals surface area contributed by atoms with Gasteiger partial charge in [0.05, 0.1) is 18.6 Å². The molecule has 0 atom stereocenters. The van der Waals surface area contributed by atoms with Crippen molar-refractivity contribution in [1.82, 2.24) is 9.47 Å². The highest BCUT2D eigenvalue weighted by Gasteiger charge is 2.30. The lowest BCUT2D eigenvalue weighted by Gasteiger charge is -2.33. The topological polar surface area (TPSA) is 110 Å². The van der Waals surface area contributed by atoms with Crippen LogP contribution in [0.5, 0.6) is 0 Å². The van der Waals surface area contributed by atoms with E-state index in [0.717, 1.165) is 23.8 Å². The molecule has 0 radical (unpaired) electrons. The van der Waals surface area contributed by atoms with Crippen molar-refractivity contribution in [2.24, 2.45) is 11.0 Å². The summed E-state index contributed by atoms with van der Waals surface area (Å²) in [5, 5.41) is 4.46. The first-order valence-corrected chi connectivity index (χ1v) is 11.7. The van der Waals surface area contributed by atoms with Crippen LogP contribution < -0.4 is 0 Å². The molecular weight excluding hydrogens is 434 g/mol. The minimum atomic E-state index is -0.690. The lowest BCUT2D eigenvalue weighted by atomic mass is 9.85. The van der Waals surface area contributed by atoms with Crippen LogP contribution in [-0.2, 0) is 22.6 Å². The molecule has 0 unspecified atom stereocenters. The van der Waals surface area contributed by atoms with Gasteiger partial charge in [-0.2, -0.15) is 0 Å². The van der Waals surface area contributed by atoms with Crippen LogP contribution in [-0.4, -0.2) is 39.4 Å². The molecule has 9 nitrogen and oxygen atoms in total. The molecule has 1 fully saturated rings. The van der Waals surface area contributed by atoms with Crippen molar-refractivity contribution in [3.05, 3.63) is 46.0 Å². The van der Waals surface area contributed by atoms with E-state index in [9.17, 15) is 9.59 Å². The second-order valence-corrected chi connectivity index (χ2v) is 10.9. The van der Waals surface area contributed by atoms with E-state index in [0.29, 0.717) is 23.7 Å². The smallest absolute Gasteiger partial charge is 0.419 e. The monoisotopic (exact) mass is 469 g/mol. The Hall–Kier alpha value is -3.19. The SMILES string of the molecule is CC(C)(C)OC(=O)N(Cc1cc2ccc(CN=[N+]=[N-])cc2n1C(=O)OC(C)(C)C)CC1CCC1. The van der Waals surface area contributed by atoms with Crippen LogP contribution in [0.15, 0.2) is 29.4 Å². The van der Waals surface area contributed by atoms with Gasteiger partial charge in [0.15, 0.2) is 0 Å². The average Bonchev–Trinajstić information content (AvgIpc) is 3.02. The third-order valence-corrected chi connectivity index (χ3v) is 5.55. The molecule has 1 aromatic heterocycles. The van der Waals surface area contributed by atoms with Gasteiger partial charge in [-0.25, -0.2) is 14.2 Å². The number of ether oxygens (including phenoxy) is 2. The fourth-order valence-corrected chi connectivity index (χ4v) is 3.87. The van der Waals surface area contributed by atoms with Gasteiger partial charge in [0.2, 0.25) is 0 Å². The molecule has 34 heavy (non-hydrogen) atoms. The molecule has 0 spiro atoms. The summed E-state index contributed by atoms with van der Waals surface area (Å²) in [5.41, 5.74) is 9.41. The fourth-order valence-electron chi connectivity index (χ4n) is 3.87. The summed E-state index contributed by atoms with van der Waals surface area (Å²) in [5.74, 6) is 0.433. The summed E-state index contributed by atoms with van der Waals surface area (Å²) in [6.45, 7) is 11.9. The van der Waals surface area contributed by atoms with E-state index in [1.807, 2.05) is 65.8 Å². The van der Waals surface area contributed by atoms with Gasteiger partial charge in [-0.1, -0.05) is 23.7 Å². The molecule has 1 heterocycles. The van der Waals surface area contributed by atoms with Crippen molar-refractivity contribution in [3.8, 4) is 0 Å². The van der Waals surface area contributed by atoms with Gasteiger partial charge in [0, 0.05) is 22.5 Å². The van der Waals surface area contributed by atoms with Crippen molar-refractivity contribution < 1.29 is 19.1 Å². The largest absolute Gasteiger partial charge is 0.444 e. The first kappa shape index (κ1) is 25.4. The lowest BCUT2D eigenvalue weighted by molar-refractivity contribution is 0.0163. The highest BCUT2D eigenvalue weighted by Crippen LogP contribution is 2.30. The number of amides is 1. The third-order valence-electron chi connectivity index (χ3n) is 5.55. The summed E-state index contributed by atoms with van der Waals surface area (Å²) in [6.07, 6.45) is 2.41. The Morgan fingerprint density at radius 2 is 1.79 bits per heavy atom. The number of carbonyl (C=O) groups excluding carboxylic acids is 2. The number of aromatic nitrogens is 1. The van der Waals surface area contributed by atoms with Crippen molar-refractivity contribution in [3.63, 3.8) is 0 Å². The number of carbonyl (C=O) groups is 2. The summed E-state index contributed by atoms with van der Waals surface area (Å²) >= 11 is 0. The Morgan fingerprint density at radius 1 is 1.12 bits per heavy atom. The Kier molecular flexibility index (Phi) is 7.46. The maximum absolute atomic E-state index is 13.3. The number of nitrogens with zero attached hydrogens (tertiary/aromatic N) is 5. The minimum absolute atomic E-state index is 0.174. The van der Waals surface area contributed by atoms with Crippen LogP contribution >= 0.6 is 0 Å².